The van der Waals surface area contributed by atoms with Crippen molar-refractivity contribution < 1.29 is 23.1 Å². The Hall–Kier alpha value is -2.09. The summed E-state index contributed by atoms with van der Waals surface area (Å²) in [4.78, 5) is 5.55. The van der Waals surface area contributed by atoms with Crippen LogP contribution in [-0.4, -0.2) is 23.9 Å². The van der Waals surface area contributed by atoms with Crippen LogP contribution in [0.15, 0.2) is 47.6 Å². The lowest BCUT2D eigenvalue weighted by Crippen LogP contribution is -2.56. The van der Waals surface area contributed by atoms with Gasteiger partial charge in [0, 0.05) is 30.1 Å². The van der Waals surface area contributed by atoms with E-state index in [0.29, 0.717) is 30.8 Å². The predicted octanol–water partition coefficient (Wildman–Crippen LogP) is 4.19. The van der Waals surface area contributed by atoms with Crippen LogP contribution in [0.5, 0.6) is 0 Å². The molecule has 0 saturated carbocycles. The van der Waals surface area contributed by atoms with Crippen molar-refractivity contribution in [2.24, 2.45) is 5.16 Å². The second-order valence-electron chi connectivity index (χ2n) is 7.48. The highest BCUT2D eigenvalue weighted by Gasteiger charge is 2.40. The molecule has 2 aliphatic rings. The van der Waals surface area contributed by atoms with E-state index in [4.69, 9.17) is 16.4 Å². The fraction of sp³-hybridized carbons (Fsp3) is 0.350. The van der Waals surface area contributed by atoms with E-state index in [1.807, 2.05) is 24.3 Å². The zero-order valence-corrected chi connectivity index (χ0v) is 15.7. The number of nitrogens with zero attached hydrogens (tertiary/aromatic N) is 1. The Morgan fingerprint density at radius 1 is 1.11 bits per heavy atom. The van der Waals surface area contributed by atoms with E-state index < -0.39 is 22.9 Å². The van der Waals surface area contributed by atoms with Gasteiger partial charge in [0.2, 0.25) is 0 Å². The van der Waals surface area contributed by atoms with E-state index >= 15 is 0 Å². The molecule has 0 bridgehead atoms. The highest BCUT2D eigenvalue weighted by atomic mass is 35.5. The van der Waals surface area contributed by atoms with Crippen molar-refractivity contribution in [2.75, 3.05) is 13.1 Å². The van der Waals surface area contributed by atoms with Crippen LogP contribution in [-0.2, 0) is 22.2 Å². The second-order valence-corrected chi connectivity index (χ2v) is 7.91. The van der Waals surface area contributed by atoms with Crippen LogP contribution >= 0.6 is 11.6 Å². The fourth-order valence-electron chi connectivity index (χ4n) is 3.45. The maximum atomic E-state index is 13.1. The molecule has 1 atom stereocenters. The number of aliphatic hydroxyl groups is 1. The first-order valence-corrected chi connectivity index (χ1v) is 9.14. The first-order chi connectivity index (χ1) is 13.1. The van der Waals surface area contributed by atoms with Crippen LogP contribution in [0.1, 0.15) is 35.6 Å². The Morgan fingerprint density at radius 3 is 2.36 bits per heavy atom. The summed E-state index contributed by atoms with van der Waals surface area (Å²) in [6.45, 7) is 2.70. The van der Waals surface area contributed by atoms with Gasteiger partial charge in [0.1, 0.15) is 5.60 Å². The molecule has 0 radical (unpaired) electrons. The summed E-state index contributed by atoms with van der Waals surface area (Å²) >= 11 is 5.91. The molecule has 0 amide bonds. The molecule has 1 fully saturated rings. The third-order valence-corrected chi connectivity index (χ3v) is 5.51. The summed E-state index contributed by atoms with van der Waals surface area (Å²) in [7, 11) is 0. The third-order valence-electron chi connectivity index (χ3n) is 5.29. The number of oxime groups is 1. The van der Waals surface area contributed by atoms with Crippen molar-refractivity contribution in [1.29, 1.82) is 0 Å². The highest BCUT2D eigenvalue weighted by Crippen LogP contribution is 2.40. The van der Waals surface area contributed by atoms with Crippen molar-refractivity contribution in [3.63, 3.8) is 0 Å². The van der Waals surface area contributed by atoms with Crippen LogP contribution in [0.4, 0.5) is 13.2 Å². The summed E-state index contributed by atoms with van der Waals surface area (Å²) in [5.74, 6) is 0. The van der Waals surface area contributed by atoms with Gasteiger partial charge in [-0.25, -0.2) is 0 Å². The van der Waals surface area contributed by atoms with Crippen molar-refractivity contribution in [3.05, 3.63) is 69.7 Å². The molecular weight excluding hydrogens is 393 g/mol. The number of nitrogens with one attached hydrogen (secondary N) is 1. The van der Waals surface area contributed by atoms with Gasteiger partial charge >= 0.3 is 6.18 Å². The lowest BCUT2D eigenvalue weighted by Gasteiger charge is -2.38. The van der Waals surface area contributed by atoms with Crippen LogP contribution in [0.25, 0.3) is 0 Å². The van der Waals surface area contributed by atoms with Gasteiger partial charge in [0.05, 0.1) is 11.3 Å². The van der Waals surface area contributed by atoms with Gasteiger partial charge in [-0.3, -0.25) is 0 Å². The van der Waals surface area contributed by atoms with Crippen LogP contribution in [0, 0.1) is 0 Å². The molecule has 8 heteroatoms. The summed E-state index contributed by atoms with van der Waals surface area (Å²) in [6.07, 6.45) is -4.19. The van der Waals surface area contributed by atoms with E-state index in [1.165, 1.54) is 6.07 Å². The van der Waals surface area contributed by atoms with E-state index in [1.54, 1.807) is 6.92 Å². The predicted molar refractivity (Wildman–Crippen MR) is 99.3 cm³/mol. The summed E-state index contributed by atoms with van der Waals surface area (Å²) in [5.41, 5.74) is -0.174. The Bertz CT molecular complexity index is 939. The standard InChI is InChI=1S/C20H18ClF3N2O2/c1-18(14-6-15(20(22,23)24)8-16(21)7-14)9-17(26-28-18)12-2-4-13(5-3-12)19(27)10-25-11-19/h2-8,25,27H,9-11H2,1H3. The summed E-state index contributed by atoms with van der Waals surface area (Å²) in [5, 5.41) is 17.5. The third kappa shape index (κ3) is 3.38. The minimum atomic E-state index is -4.50. The highest BCUT2D eigenvalue weighted by molar-refractivity contribution is 6.30. The molecule has 2 aliphatic heterocycles. The lowest BCUT2D eigenvalue weighted by molar-refractivity contribution is -0.137. The molecule has 148 valence electrons. The minimum Gasteiger partial charge on any atom is -0.384 e. The SMILES string of the molecule is CC1(c2cc(Cl)cc(C(F)(F)F)c2)CC(c2ccc(C3(O)CNC3)cc2)=NO1. The first kappa shape index (κ1) is 19.2. The molecule has 4 rings (SSSR count). The molecular formula is C20H18ClF3N2O2. The molecule has 2 aromatic carbocycles. The maximum Gasteiger partial charge on any atom is 0.416 e. The van der Waals surface area contributed by atoms with Crippen LogP contribution in [0.3, 0.4) is 0 Å². The molecule has 2 aromatic rings. The average molecular weight is 411 g/mol. The van der Waals surface area contributed by atoms with E-state index in [2.05, 4.69) is 10.5 Å². The normalized spacial score (nSPS) is 23.7. The molecule has 0 spiro atoms. The van der Waals surface area contributed by atoms with Crippen LogP contribution < -0.4 is 5.32 Å². The molecule has 2 N–H and O–H groups in total. The molecule has 28 heavy (non-hydrogen) atoms. The number of hydrogen-bond acceptors (Lipinski definition) is 4. The van der Waals surface area contributed by atoms with Gasteiger partial charge in [-0.05, 0) is 36.2 Å². The molecule has 4 nitrogen and oxygen atoms in total. The zero-order chi connectivity index (χ0) is 20.2. The number of rotatable bonds is 3. The number of benzene rings is 2. The van der Waals surface area contributed by atoms with Gasteiger partial charge in [0.15, 0.2) is 5.60 Å². The largest absolute Gasteiger partial charge is 0.416 e. The summed E-state index contributed by atoms with van der Waals surface area (Å²) in [6, 6.07) is 10.7. The molecule has 1 unspecified atom stereocenters. The second kappa shape index (κ2) is 6.47. The number of alkyl halides is 3. The van der Waals surface area contributed by atoms with Gasteiger partial charge in [-0.15, -0.1) is 0 Å². The van der Waals surface area contributed by atoms with Gasteiger partial charge in [-0.1, -0.05) is 41.0 Å². The fourth-order valence-corrected chi connectivity index (χ4v) is 3.68. The molecule has 0 aliphatic carbocycles. The number of halogens is 4. The topological polar surface area (TPSA) is 53.8 Å². The van der Waals surface area contributed by atoms with E-state index in [0.717, 1.165) is 23.3 Å². The number of hydrogen-bond donors (Lipinski definition) is 2. The van der Waals surface area contributed by atoms with Crippen molar-refractivity contribution >= 4 is 17.3 Å². The Kier molecular flexibility index (Phi) is 4.45. The van der Waals surface area contributed by atoms with Gasteiger partial charge in [-0.2, -0.15) is 13.2 Å². The van der Waals surface area contributed by atoms with Crippen molar-refractivity contribution in [1.82, 2.24) is 5.32 Å². The molecule has 1 saturated heterocycles. The van der Waals surface area contributed by atoms with Crippen molar-refractivity contribution in [3.8, 4) is 0 Å². The maximum absolute atomic E-state index is 13.1. The van der Waals surface area contributed by atoms with Crippen LogP contribution in [0.2, 0.25) is 5.02 Å². The Balaban J connectivity index is 1.57. The lowest BCUT2D eigenvalue weighted by atomic mass is 9.85. The molecule has 0 aromatic heterocycles. The van der Waals surface area contributed by atoms with E-state index in [-0.39, 0.29) is 5.02 Å². The van der Waals surface area contributed by atoms with Gasteiger partial charge in [0.25, 0.3) is 0 Å². The first-order valence-electron chi connectivity index (χ1n) is 8.76. The smallest absolute Gasteiger partial charge is 0.384 e. The van der Waals surface area contributed by atoms with E-state index in [9.17, 15) is 18.3 Å². The quantitative estimate of drug-likeness (QED) is 0.797. The number of β-amino-alcohol motifs (C(OH)–C–C–N with tert-alkyl or cyclic N) is 1. The Morgan fingerprint density at radius 2 is 1.79 bits per heavy atom. The van der Waals surface area contributed by atoms with Gasteiger partial charge < -0.3 is 15.3 Å². The summed E-state index contributed by atoms with van der Waals surface area (Å²) < 4.78 is 39.3. The zero-order valence-electron chi connectivity index (χ0n) is 15.0. The Labute approximate surface area is 165 Å². The monoisotopic (exact) mass is 410 g/mol. The van der Waals surface area contributed by atoms with Crippen molar-refractivity contribution in [2.45, 2.75) is 30.7 Å². The molecule has 2 heterocycles. The minimum absolute atomic E-state index is 0.00481. The average Bonchev–Trinajstić information content (AvgIpc) is 3.02.